The van der Waals surface area contributed by atoms with Crippen LogP contribution < -0.4 is 10.5 Å². The summed E-state index contributed by atoms with van der Waals surface area (Å²) in [7, 11) is 1.56. The van der Waals surface area contributed by atoms with Gasteiger partial charge in [0.25, 0.3) is 5.91 Å². The number of nitrogens with zero attached hydrogens (tertiary/aromatic N) is 2. The number of ether oxygens (including phenoxy) is 2. The van der Waals surface area contributed by atoms with E-state index in [0.717, 1.165) is 0 Å². The predicted molar refractivity (Wildman–Crippen MR) is 105 cm³/mol. The van der Waals surface area contributed by atoms with Crippen molar-refractivity contribution in [3.63, 3.8) is 0 Å². The predicted octanol–water partition coefficient (Wildman–Crippen LogP) is 3.32. The van der Waals surface area contributed by atoms with Crippen LogP contribution in [0.25, 0.3) is 0 Å². The van der Waals surface area contributed by atoms with E-state index in [4.69, 9.17) is 10.5 Å². The number of aliphatic imine (C=N–C) groups is 1. The summed E-state index contributed by atoms with van der Waals surface area (Å²) in [6, 6.07) is 7.13. The van der Waals surface area contributed by atoms with E-state index in [-0.39, 0.29) is 24.0 Å². The average molecular weight is 403 g/mol. The van der Waals surface area contributed by atoms with Gasteiger partial charge in [-0.3, -0.25) is 9.69 Å². The molecule has 3 rings (SSSR count). The van der Waals surface area contributed by atoms with Crippen LogP contribution in [0.2, 0.25) is 0 Å². The summed E-state index contributed by atoms with van der Waals surface area (Å²) in [6.45, 7) is 1.21. The average Bonchev–Trinajstić information content (AvgIpc) is 2.93. The zero-order valence-electron chi connectivity index (χ0n) is 16.1. The normalized spacial score (nSPS) is 23.8. The Kier molecular flexibility index (Phi) is 6.00. The van der Waals surface area contributed by atoms with Crippen molar-refractivity contribution in [2.24, 2.45) is 16.6 Å². The lowest BCUT2D eigenvalue weighted by atomic mass is 9.74. The minimum atomic E-state index is -2.91. The van der Waals surface area contributed by atoms with Crippen LogP contribution in [0.1, 0.15) is 18.4 Å². The molecule has 1 heterocycles. The Labute approximate surface area is 168 Å². The van der Waals surface area contributed by atoms with Gasteiger partial charge in [0.2, 0.25) is 0 Å². The second-order valence-corrected chi connectivity index (χ2v) is 6.74. The third-order valence-corrected chi connectivity index (χ3v) is 4.96. The van der Waals surface area contributed by atoms with Gasteiger partial charge in [-0.15, -0.1) is 6.58 Å². The van der Waals surface area contributed by atoms with Gasteiger partial charge in [0.1, 0.15) is 11.5 Å². The summed E-state index contributed by atoms with van der Waals surface area (Å²) < 4.78 is 35.1. The Balaban J connectivity index is 1.96. The first-order valence-electron chi connectivity index (χ1n) is 9.19. The Morgan fingerprint density at radius 3 is 2.86 bits per heavy atom. The lowest BCUT2D eigenvalue weighted by Crippen LogP contribution is -2.44. The standard InChI is InChI=1S/C21H23F2N3O3/c1-3-4-12-28-17-7-5-6-15(13-17)21(18(27)26(2)20(24)25-21)14-8-10-16(11-9-14)29-19(22)23/h3,5-8,10-11,13-14,19H,1,4,9,12H2,2H3,(H2,24,25)/t14?,21-/m1/s1. The van der Waals surface area contributed by atoms with Crippen molar-refractivity contribution in [2.75, 3.05) is 13.7 Å². The number of likely N-dealkylation sites (N-methyl/N-ethyl adjacent to an activating group) is 1. The zero-order chi connectivity index (χ0) is 21.0. The summed E-state index contributed by atoms with van der Waals surface area (Å²) in [6.07, 6.45) is 7.35. The van der Waals surface area contributed by atoms with E-state index in [9.17, 15) is 13.6 Å². The molecule has 0 radical (unpaired) electrons. The number of hydrogen-bond acceptors (Lipinski definition) is 5. The highest BCUT2D eigenvalue weighted by atomic mass is 19.3. The number of carbonyl (C=O) groups is 1. The van der Waals surface area contributed by atoms with Gasteiger partial charge in [0.05, 0.1) is 6.61 Å². The maximum Gasteiger partial charge on any atom is 0.387 e. The van der Waals surface area contributed by atoms with Gasteiger partial charge in [-0.1, -0.05) is 24.3 Å². The van der Waals surface area contributed by atoms with Gasteiger partial charge >= 0.3 is 6.61 Å². The van der Waals surface area contributed by atoms with Crippen molar-refractivity contribution in [3.8, 4) is 5.75 Å². The smallest absolute Gasteiger partial charge is 0.387 e. The first-order chi connectivity index (χ1) is 13.9. The van der Waals surface area contributed by atoms with Crippen LogP contribution in [-0.2, 0) is 15.1 Å². The molecule has 6 nitrogen and oxygen atoms in total. The van der Waals surface area contributed by atoms with E-state index < -0.39 is 18.1 Å². The Hall–Kier alpha value is -3.16. The molecule has 1 amide bonds. The summed E-state index contributed by atoms with van der Waals surface area (Å²) in [5.74, 6) is 0.0343. The van der Waals surface area contributed by atoms with Crippen LogP contribution in [0.5, 0.6) is 5.75 Å². The maximum absolute atomic E-state index is 13.2. The summed E-state index contributed by atoms with van der Waals surface area (Å²) in [4.78, 5) is 19.1. The highest BCUT2D eigenvalue weighted by Crippen LogP contribution is 2.44. The molecule has 2 aliphatic rings. The lowest BCUT2D eigenvalue weighted by molar-refractivity contribution is -0.132. The monoisotopic (exact) mass is 403 g/mol. The minimum absolute atomic E-state index is 0.0589. The van der Waals surface area contributed by atoms with Crippen molar-refractivity contribution >= 4 is 11.9 Å². The van der Waals surface area contributed by atoms with Crippen molar-refractivity contribution in [1.82, 2.24) is 4.90 Å². The Morgan fingerprint density at radius 1 is 1.48 bits per heavy atom. The summed E-state index contributed by atoms with van der Waals surface area (Å²) in [5.41, 5.74) is 5.28. The molecule has 8 heteroatoms. The number of allylic oxidation sites excluding steroid dienone is 2. The molecular formula is C21H23F2N3O3. The van der Waals surface area contributed by atoms with Gasteiger partial charge < -0.3 is 15.2 Å². The van der Waals surface area contributed by atoms with Crippen molar-refractivity contribution in [1.29, 1.82) is 0 Å². The fraction of sp³-hybridized carbons (Fsp3) is 0.333. The van der Waals surface area contributed by atoms with E-state index >= 15 is 0 Å². The highest BCUT2D eigenvalue weighted by Gasteiger charge is 2.52. The number of rotatable bonds is 8. The van der Waals surface area contributed by atoms with Gasteiger partial charge in [0.15, 0.2) is 11.5 Å². The number of carbonyl (C=O) groups excluding carboxylic acids is 1. The molecule has 1 aliphatic heterocycles. The van der Waals surface area contributed by atoms with Crippen LogP contribution in [0.15, 0.2) is 65.9 Å². The molecule has 0 saturated carbocycles. The molecule has 2 N–H and O–H groups in total. The number of alkyl halides is 2. The van der Waals surface area contributed by atoms with Crippen LogP contribution in [0, 0.1) is 5.92 Å². The quantitative estimate of drug-likeness (QED) is 0.534. The Morgan fingerprint density at radius 2 is 2.28 bits per heavy atom. The molecule has 154 valence electrons. The van der Waals surface area contributed by atoms with Crippen molar-refractivity contribution in [2.45, 2.75) is 25.0 Å². The first kappa shape index (κ1) is 20.6. The fourth-order valence-electron chi connectivity index (χ4n) is 3.49. The summed E-state index contributed by atoms with van der Waals surface area (Å²) >= 11 is 0. The Bertz CT molecular complexity index is 882. The van der Waals surface area contributed by atoms with Gasteiger partial charge in [-0.25, -0.2) is 4.99 Å². The van der Waals surface area contributed by atoms with E-state index in [1.165, 1.54) is 17.1 Å². The zero-order valence-corrected chi connectivity index (χ0v) is 16.1. The van der Waals surface area contributed by atoms with Crippen molar-refractivity contribution < 1.29 is 23.0 Å². The van der Waals surface area contributed by atoms with Crippen LogP contribution in [-0.4, -0.2) is 37.0 Å². The van der Waals surface area contributed by atoms with Crippen molar-refractivity contribution in [3.05, 3.63) is 66.5 Å². The maximum atomic E-state index is 13.2. The number of hydrogen-bond donors (Lipinski definition) is 1. The second-order valence-electron chi connectivity index (χ2n) is 6.74. The molecule has 0 saturated heterocycles. The molecule has 0 spiro atoms. The van der Waals surface area contributed by atoms with Crippen LogP contribution in [0.4, 0.5) is 8.78 Å². The molecule has 1 aliphatic carbocycles. The molecular weight excluding hydrogens is 380 g/mol. The first-order valence-corrected chi connectivity index (χ1v) is 9.19. The number of amides is 1. The third kappa shape index (κ3) is 4.01. The van der Waals surface area contributed by atoms with E-state index in [2.05, 4.69) is 16.3 Å². The molecule has 0 bridgehead atoms. The topological polar surface area (TPSA) is 77.2 Å². The number of benzene rings is 1. The molecule has 29 heavy (non-hydrogen) atoms. The molecule has 0 aromatic heterocycles. The van der Waals surface area contributed by atoms with E-state index in [1.807, 2.05) is 0 Å². The van der Waals surface area contributed by atoms with Gasteiger partial charge in [0, 0.05) is 13.0 Å². The number of halogens is 2. The number of guanidine groups is 1. The fourth-order valence-corrected chi connectivity index (χ4v) is 3.49. The molecule has 1 aromatic carbocycles. The number of nitrogens with two attached hydrogens (primary N) is 1. The van der Waals surface area contributed by atoms with Crippen LogP contribution in [0.3, 0.4) is 0 Å². The lowest BCUT2D eigenvalue weighted by Gasteiger charge is -2.33. The molecule has 1 unspecified atom stereocenters. The minimum Gasteiger partial charge on any atom is -0.493 e. The molecule has 2 atom stereocenters. The summed E-state index contributed by atoms with van der Waals surface area (Å²) in [5, 5.41) is 0. The second kappa shape index (κ2) is 8.46. The SMILES string of the molecule is C=CCCOc1cccc([C@@]2(C3C=CC(OC(F)F)=CC3)N=C(N)N(C)C2=O)c1. The van der Waals surface area contributed by atoms with Gasteiger partial charge in [-0.05, 0) is 42.7 Å². The molecule has 0 fully saturated rings. The highest BCUT2D eigenvalue weighted by molar-refractivity contribution is 6.07. The van der Waals surface area contributed by atoms with E-state index in [0.29, 0.717) is 24.3 Å². The van der Waals surface area contributed by atoms with Gasteiger partial charge in [-0.2, -0.15) is 8.78 Å². The third-order valence-electron chi connectivity index (χ3n) is 4.96. The van der Waals surface area contributed by atoms with E-state index in [1.54, 1.807) is 43.5 Å². The molecule has 1 aromatic rings. The largest absolute Gasteiger partial charge is 0.493 e. The van der Waals surface area contributed by atoms with Crippen LogP contribution >= 0.6 is 0 Å².